The van der Waals surface area contributed by atoms with Gasteiger partial charge in [0.1, 0.15) is 5.75 Å². The molecule has 1 N–H and O–H groups in total. The quantitative estimate of drug-likeness (QED) is 0.251. The Labute approximate surface area is 162 Å². The fourth-order valence-corrected chi connectivity index (χ4v) is 4.17. The first-order valence-corrected chi connectivity index (χ1v) is 9.24. The molecule has 0 unspecified atom stereocenters. The van der Waals surface area contributed by atoms with Gasteiger partial charge in [-0.1, -0.05) is 49.0 Å². The smallest absolute Gasteiger partial charge is 0.308 e. The van der Waals surface area contributed by atoms with E-state index < -0.39 is 0 Å². The van der Waals surface area contributed by atoms with Crippen molar-refractivity contribution in [3.05, 3.63) is 72.0 Å². The van der Waals surface area contributed by atoms with Gasteiger partial charge in [0, 0.05) is 35.4 Å². The van der Waals surface area contributed by atoms with Crippen molar-refractivity contribution in [3.63, 3.8) is 0 Å². The summed E-state index contributed by atoms with van der Waals surface area (Å²) in [5.74, 6) is 1.61. The van der Waals surface area contributed by atoms with Crippen LogP contribution in [0.15, 0.2) is 60.9 Å². The second kappa shape index (κ2) is 5.99. The highest BCUT2D eigenvalue weighted by atomic mass is 16.5. The van der Waals surface area contributed by atoms with Gasteiger partial charge in [0.2, 0.25) is 0 Å². The molecule has 0 saturated carbocycles. The van der Waals surface area contributed by atoms with Crippen LogP contribution in [0.2, 0.25) is 0 Å². The van der Waals surface area contributed by atoms with Crippen LogP contribution >= 0.6 is 0 Å². The molecule has 0 saturated heterocycles. The fourth-order valence-electron chi connectivity index (χ4n) is 4.17. The van der Waals surface area contributed by atoms with Gasteiger partial charge >= 0.3 is 5.97 Å². The topological polar surface area (TPSA) is 51.3 Å². The number of esters is 1. The fraction of sp³-hybridized carbons (Fsp3) is 0.125. The van der Waals surface area contributed by atoms with Crippen LogP contribution < -0.4 is 9.47 Å². The number of carbonyl (C=O) groups is 1. The molecule has 4 aromatic rings. The minimum Gasteiger partial charge on any atom is -0.462 e. The van der Waals surface area contributed by atoms with Crippen LogP contribution in [0.5, 0.6) is 11.5 Å². The number of ether oxygens (including phenoxy) is 2. The maximum atomic E-state index is 12.0. The summed E-state index contributed by atoms with van der Waals surface area (Å²) in [6.07, 6.45) is 0.720. The summed E-state index contributed by atoms with van der Waals surface area (Å²) in [7, 11) is 0. The molecule has 0 atom stereocenters. The van der Waals surface area contributed by atoms with Crippen molar-refractivity contribution in [3.8, 4) is 22.6 Å². The summed E-state index contributed by atoms with van der Waals surface area (Å²) in [4.78, 5) is 15.4. The van der Waals surface area contributed by atoms with Crippen molar-refractivity contribution in [2.24, 2.45) is 0 Å². The number of carbonyl (C=O) groups excluding carboxylic acids is 1. The van der Waals surface area contributed by atoms with Crippen LogP contribution in [0.3, 0.4) is 0 Å². The summed E-state index contributed by atoms with van der Waals surface area (Å²) in [5.41, 5.74) is 5.94. The lowest BCUT2D eigenvalue weighted by Crippen LogP contribution is -2.05. The third kappa shape index (κ3) is 2.34. The Morgan fingerprint density at radius 3 is 2.54 bits per heavy atom. The first kappa shape index (κ1) is 16.6. The molecular weight excluding hydrogens is 350 g/mol. The number of nitrogens with one attached hydrogen (secondary N) is 1. The average Bonchev–Trinajstić information content (AvgIpc) is 3.23. The molecule has 3 aromatic carbocycles. The Bertz CT molecular complexity index is 1300. The van der Waals surface area contributed by atoms with Crippen molar-refractivity contribution in [1.29, 1.82) is 0 Å². The standard InChI is InChI=1S/C24H19NO3/c1-13(2)27-23-18-12-15-8-4-5-9-16(15)20(18)24(28-14(3)26)22-21(23)17-10-6-7-11-19(17)25-22/h4-11,25H,1,12H2,2-3H3. The second-order valence-electron chi connectivity index (χ2n) is 7.16. The molecule has 1 aliphatic carbocycles. The maximum absolute atomic E-state index is 12.0. The van der Waals surface area contributed by atoms with Crippen molar-refractivity contribution in [1.82, 2.24) is 4.98 Å². The van der Waals surface area contributed by atoms with E-state index in [9.17, 15) is 4.79 Å². The van der Waals surface area contributed by atoms with E-state index in [2.05, 4.69) is 23.7 Å². The monoisotopic (exact) mass is 369 g/mol. The molecule has 28 heavy (non-hydrogen) atoms. The molecule has 1 aliphatic rings. The first-order chi connectivity index (χ1) is 13.5. The Kier molecular flexibility index (Phi) is 3.56. The van der Waals surface area contributed by atoms with Gasteiger partial charge in [-0.25, -0.2) is 0 Å². The van der Waals surface area contributed by atoms with Gasteiger partial charge in [0.25, 0.3) is 0 Å². The second-order valence-corrected chi connectivity index (χ2v) is 7.16. The molecule has 138 valence electrons. The Balaban J connectivity index is 1.98. The molecule has 0 fully saturated rings. The average molecular weight is 369 g/mol. The number of hydrogen-bond donors (Lipinski definition) is 1. The zero-order valence-corrected chi connectivity index (χ0v) is 15.8. The number of allylic oxidation sites excluding steroid dienone is 1. The van der Waals surface area contributed by atoms with Crippen molar-refractivity contribution >= 4 is 27.8 Å². The summed E-state index contributed by atoms with van der Waals surface area (Å²) in [6, 6.07) is 16.2. The van der Waals surface area contributed by atoms with Crippen LogP contribution in [0.1, 0.15) is 25.0 Å². The molecule has 1 heterocycles. The van der Waals surface area contributed by atoms with Gasteiger partial charge in [-0.15, -0.1) is 0 Å². The van der Waals surface area contributed by atoms with Crippen LogP contribution in [-0.4, -0.2) is 11.0 Å². The van der Waals surface area contributed by atoms with E-state index in [0.717, 1.165) is 50.7 Å². The lowest BCUT2D eigenvalue weighted by molar-refractivity contribution is -0.131. The van der Waals surface area contributed by atoms with E-state index in [1.807, 2.05) is 43.3 Å². The van der Waals surface area contributed by atoms with Crippen molar-refractivity contribution in [2.45, 2.75) is 20.3 Å². The highest BCUT2D eigenvalue weighted by Gasteiger charge is 2.31. The predicted octanol–water partition coefficient (Wildman–Crippen LogP) is 5.73. The predicted molar refractivity (Wildman–Crippen MR) is 111 cm³/mol. The highest BCUT2D eigenvalue weighted by Crippen LogP contribution is 2.53. The van der Waals surface area contributed by atoms with Crippen LogP contribution in [0.25, 0.3) is 32.9 Å². The van der Waals surface area contributed by atoms with Gasteiger partial charge in [0.15, 0.2) is 5.75 Å². The Morgan fingerprint density at radius 1 is 1.00 bits per heavy atom. The molecule has 0 spiro atoms. The molecule has 0 bridgehead atoms. The van der Waals surface area contributed by atoms with Gasteiger partial charge in [-0.2, -0.15) is 0 Å². The minimum atomic E-state index is -0.347. The van der Waals surface area contributed by atoms with E-state index in [-0.39, 0.29) is 5.97 Å². The number of hydrogen-bond acceptors (Lipinski definition) is 3. The lowest BCUT2D eigenvalue weighted by Gasteiger charge is -2.16. The molecule has 5 rings (SSSR count). The van der Waals surface area contributed by atoms with Crippen LogP contribution in [-0.2, 0) is 11.2 Å². The number of fused-ring (bicyclic) bond motifs is 6. The van der Waals surface area contributed by atoms with Crippen LogP contribution in [0, 0.1) is 0 Å². The maximum Gasteiger partial charge on any atom is 0.308 e. The molecule has 4 heteroatoms. The summed E-state index contributed by atoms with van der Waals surface area (Å²) >= 11 is 0. The molecule has 0 radical (unpaired) electrons. The molecule has 4 nitrogen and oxygen atoms in total. The third-order valence-electron chi connectivity index (χ3n) is 5.14. The number of aromatic nitrogens is 1. The summed E-state index contributed by atoms with van der Waals surface area (Å²) in [6.45, 7) is 7.22. The largest absolute Gasteiger partial charge is 0.462 e. The van der Waals surface area contributed by atoms with E-state index >= 15 is 0 Å². The van der Waals surface area contributed by atoms with Gasteiger partial charge in [-0.3, -0.25) is 4.79 Å². The van der Waals surface area contributed by atoms with E-state index in [4.69, 9.17) is 9.47 Å². The van der Waals surface area contributed by atoms with E-state index in [0.29, 0.717) is 11.5 Å². The van der Waals surface area contributed by atoms with Gasteiger partial charge < -0.3 is 14.5 Å². The third-order valence-corrected chi connectivity index (χ3v) is 5.14. The Hall–Kier alpha value is -3.53. The zero-order valence-electron chi connectivity index (χ0n) is 15.8. The van der Waals surface area contributed by atoms with Gasteiger partial charge in [0.05, 0.1) is 16.7 Å². The van der Waals surface area contributed by atoms with Crippen LogP contribution in [0.4, 0.5) is 0 Å². The molecule has 0 aliphatic heterocycles. The molecule has 0 amide bonds. The molecular formula is C24H19NO3. The number of para-hydroxylation sites is 1. The van der Waals surface area contributed by atoms with Crippen molar-refractivity contribution < 1.29 is 14.3 Å². The normalized spacial score (nSPS) is 12.1. The summed E-state index contributed by atoms with van der Waals surface area (Å²) in [5, 5.41) is 1.95. The summed E-state index contributed by atoms with van der Waals surface area (Å²) < 4.78 is 11.9. The minimum absolute atomic E-state index is 0.347. The number of H-pyrrole nitrogens is 1. The number of aromatic amines is 1. The lowest BCUT2D eigenvalue weighted by atomic mass is 9.99. The zero-order chi connectivity index (χ0) is 19.4. The van der Waals surface area contributed by atoms with E-state index in [1.165, 1.54) is 12.5 Å². The van der Waals surface area contributed by atoms with Gasteiger partial charge in [-0.05, 0) is 24.1 Å². The number of benzene rings is 3. The Morgan fingerprint density at radius 2 is 1.75 bits per heavy atom. The number of rotatable bonds is 3. The SMILES string of the molecule is C=C(C)Oc1c2c(c(OC(C)=O)c3[nH]c4ccccc4c13)-c1ccccc1C2. The first-order valence-electron chi connectivity index (χ1n) is 9.24. The van der Waals surface area contributed by atoms with E-state index in [1.54, 1.807) is 0 Å². The molecule has 1 aromatic heterocycles. The van der Waals surface area contributed by atoms with Crippen molar-refractivity contribution in [2.75, 3.05) is 0 Å². The highest BCUT2D eigenvalue weighted by molar-refractivity contribution is 6.16.